The van der Waals surface area contributed by atoms with E-state index in [0.717, 1.165) is 19.3 Å². The normalized spacial score (nSPS) is 23.0. The van der Waals surface area contributed by atoms with E-state index in [-0.39, 0.29) is 29.6 Å². The van der Waals surface area contributed by atoms with Crippen molar-refractivity contribution in [2.24, 2.45) is 0 Å². The molecule has 5 nitrogen and oxygen atoms in total. The molecule has 0 aliphatic heterocycles. The SMILES string of the molecule is COC1CCC(NC(=O)c2nc(N)ccc2Cl)C1. The van der Waals surface area contributed by atoms with Crippen LogP contribution in [-0.2, 0) is 4.74 Å². The zero-order chi connectivity index (χ0) is 13.1. The first-order valence-electron chi connectivity index (χ1n) is 5.86. The highest BCUT2D eigenvalue weighted by atomic mass is 35.5. The highest BCUT2D eigenvalue weighted by Gasteiger charge is 2.26. The molecule has 18 heavy (non-hydrogen) atoms. The van der Waals surface area contributed by atoms with Gasteiger partial charge in [-0.05, 0) is 31.4 Å². The van der Waals surface area contributed by atoms with Gasteiger partial charge < -0.3 is 15.8 Å². The smallest absolute Gasteiger partial charge is 0.271 e. The highest BCUT2D eigenvalue weighted by molar-refractivity contribution is 6.33. The number of rotatable bonds is 3. The molecule has 0 aromatic carbocycles. The molecular formula is C12H16ClN3O2. The molecule has 1 fully saturated rings. The summed E-state index contributed by atoms with van der Waals surface area (Å²) in [7, 11) is 1.69. The maximum atomic E-state index is 12.0. The molecule has 1 saturated carbocycles. The third-order valence-corrected chi connectivity index (χ3v) is 3.44. The first kappa shape index (κ1) is 13.1. The number of carbonyl (C=O) groups is 1. The van der Waals surface area contributed by atoms with Crippen LogP contribution in [0.4, 0.5) is 5.82 Å². The summed E-state index contributed by atoms with van der Waals surface area (Å²) in [6.07, 6.45) is 2.91. The van der Waals surface area contributed by atoms with Crippen LogP contribution in [0.25, 0.3) is 0 Å². The largest absolute Gasteiger partial charge is 0.384 e. The van der Waals surface area contributed by atoms with Crippen molar-refractivity contribution in [3.8, 4) is 0 Å². The minimum absolute atomic E-state index is 0.113. The Morgan fingerprint density at radius 2 is 2.33 bits per heavy atom. The first-order valence-corrected chi connectivity index (χ1v) is 6.23. The summed E-state index contributed by atoms with van der Waals surface area (Å²) in [5.74, 6) is -0.000192. The number of carbonyl (C=O) groups excluding carboxylic acids is 1. The summed E-state index contributed by atoms with van der Waals surface area (Å²) in [4.78, 5) is 16.0. The molecule has 98 valence electrons. The van der Waals surface area contributed by atoms with E-state index in [2.05, 4.69) is 10.3 Å². The molecule has 1 aliphatic carbocycles. The second-order valence-electron chi connectivity index (χ2n) is 4.41. The summed E-state index contributed by atoms with van der Waals surface area (Å²) in [6.45, 7) is 0. The summed E-state index contributed by atoms with van der Waals surface area (Å²) in [5.41, 5.74) is 5.73. The Balaban J connectivity index is 2.02. The fourth-order valence-corrected chi connectivity index (χ4v) is 2.35. The van der Waals surface area contributed by atoms with Crippen LogP contribution >= 0.6 is 11.6 Å². The Labute approximate surface area is 111 Å². The summed E-state index contributed by atoms with van der Waals surface area (Å²) >= 11 is 5.93. The number of hydrogen-bond donors (Lipinski definition) is 2. The zero-order valence-corrected chi connectivity index (χ0v) is 10.9. The van der Waals surface area contributed by atoms with Gasteiger partial charge in [-0.3, -0.25) is 4.79 Å². The molecule has 1 aromatic rings. The Morgan fingerprint density at radius 3 is 3.00 bits per heavy atom. The Morgan fingerprint density at radius 1 is 1.56 bits per heavy atom. The van der Waals surface area contributed by atoms with Gasteiger partial charge >= 0.3 is 0 Å². The standard InChI is InChI=1S/C12H16ClN3O2/c1-18-8-3-2-7(6-8)15-12(17)11-9(13)4-5-10(14)16-11/h4-5,7-8H,2-3,6H2,1H3,(H2,14,16)(H,15,17). The van der Waals surface area contributed by atoms with Crippen molar-refractivity contribution >= 4 is 23.3 Å². The molecule has 0 spiro atoms. The lowest BCUT2D eigenvalue weighted by molar-refractivity contribution is 0.0911. The van der Waals surface area contributed by atoms with Crippen LogP contribution < -0.4 is 11.1 Å². The molecule has 1 aliphatic rings. The van der Waals surface area contributed by atoms with Gasteiger partial charge in [-0.1, -0.05) is 11.6 Å². The van der Waals surface area contributed by atoms with Crippen LogP contribution in [0.3, 0.4) is 0 Å². The van der Waals surface area contributed by atoms with E-state index >= 15 is 0 Å². The number of halogens is 1. The van der Waals surface area contributed by atoms with Crippen LogP contribution in [0, 0.1) is 0 Å². The number of methoxy groups -OCH3 is 1. The molecular weight excluding hydrogens is 254 g/mol. The molecule has 0 radical (unpaired) electrons. The highest BCUT2D eigenvalue weighted by Crippen LogP contribution is 2.22. The lowest BCUT2D eigenvalue weighted by atomic mass is 10.2. The van der Waals surface area contributed by atoms with E-state index in [1.165, 1.54) is 0 Å². The quantitative estimate of drug-likeness (QED) is 0.874. The van der Waals surface area contributed by atoms with Crippen LogP contribution in [0.5, 0.6) is 0 Å². The van der Waals surface area contributed by atoms with Crippen molar-refractivity contribution in [1.29, 1.82) is 0 Å². The number of anilines is 1. The van der Waals surface area contributed by atoms with E-state index in [1.807, 2.05) is 0 Å². The van der Waals surface area contributed by atoms with Crippen LogP contribution in [-0.4, -0.2) is 30.1 Å². The van der Waals surface area contributed by atoms with Gasteiger partial charge in [0.2, 0.25) is 0 Å². The number of ether oxygens (including phenoxy) is 1. The van der Waals surface area contributed by atoms with Gasteiger partial charge in [0.25, 0.3) is 5.91 Å². The van der Waals surface area contributed by atoms with Gasteiger partial charge in [0, 0.05) is 13.2 Å². The number of nitrogen functional groups attached to an aromatic ring is 1. The molecule has 3 N–H and O–H groups in total. The van der Waals surface area contributed by atoms with E-state index < -0.39 is 0 Å². The fourth-order valence-electron chi connectivity index (χ4n) is 2.16. The molecule has 2 rings (SSSR count). The van der Waals surface area contributed by atoms with Crippen molar-refractivity contribution in [1.82, 2.24) is 10.3 Å². The second kappa shape index (κ2) is 5.54. The van der Waals surface area contributed by atoms with E-state index in [9.17, 15) is 4.79 Å². The number of amides is 1. The van der Waals surface area contributed by atoms with Crippen molar-refractivity contribution < 1.29 is 9.53 Å². The topological polar surface area (TPSA) is 77.2 Å². The van der Waals surface area contributed by atoms with Gasteiger partial charge in [-0.15, -0.1) is 0 Å². The Hall–Kier alpha value is -1.33. The third-order valence-electron chi connectivity index (χ3n) is 3.14. The lowest BCUT2D eigenvalue weighted by Gasteiger charge is -2.13. The Kier molecular flexibility index (Phi) is 4.04. The third kappa shape index (κ3) is 2.91. The molecule has 1 aromatic heterocycles. The fraction of sp³-hybridized carbons (Fsp3) is 0.500. The number of hydrogen-bond acceptors (Lipinski definition) is 4. The maximum absolute atomic E-state index is 12.0. The Bertz CT molecular complexity index is 453. The minimum Gasteiger partial charge on any atom is -0.384 e. The number of aromatic nitrogens is 1. The molecule has 1 amide bonds. The second-order valence-corrected chi connectivity index (χ2v) is 4.81. The first-order chi connectivity index (χ1) is 8.60. The molecule has 1 heterocycles. The van der Waals surface area contributed by atoms with Crippen LogP contribution in [0.2, 0.25) is 5.02 Å². The number of pyridine rings is 1. The number of nitrogens with one attached hydrogen (secondary N) is 1. The summed E-state index contributed by atoms with van der Waals surface area (Å²) in [6, 6.07) is 3.25. The maximum Gasteiger partial charge on any atom is 0.271 e. The van der Waals surface area contributed by atoms with Gasteiger partial charge in [0.1, 0.15) is 11.5 Å². The monoisotopic (exact) mass is 269 g/mol. The predicted octanol–water partition coefficient (Wildman–Crippen LogP) is 1.61. The lowest BCUT2D eigenvalue weighted by Crippen LogP contribution is -2.34. The number of nitrogens with zero attached hydrogens (tertiary/aromatic N) is 1. The van der Waals surface area contributed by atoms with E-state index in [4.69, 9.17) is 22.1 Å². The van der Waals surface area contributed by atoms with Gasteiger partial charge in [0.05, 0.1) is 11.1 Å². The molecule has 0 saturated heterocycles. The molecule has 0 bridgehead atoms. The summed E-state index contributed by atoms with van der Waals surface area (Å²) < 4.78 is 5.26. The zero-order valence-electron chi connectivity index (χ0n) is 10.1. The van der Waals surface area contributed by atoms with Gasteiger partial charge in [-0.2, -0.15) is 0 Å². The molecule has 6 heteroatoms. The van der Waals surface area contributed by atoms with Crippen LogP contribution in [0.15, 0.2) is 12.1 Å². The van der Waals surface area contributed by atoms with Crippen molar-refractivity contribution in [3.63, 3.8) is 0 Å². The predicted molar refractivity (Wildman–Crippen MR) is 69.6 cm³/mol. The molecule has 2 atom stereocenters. The average molecular weight is 270 g/mol. The van der Waals surface area contributed by atoms with Crippen molar-refractivity contribution in [2.75, 3.05) is 12.8 Å². The summed E-state index contributed by atoms with van der Waals surface area (Å²) in [5, 5.41) is 3.21. The van der Waals surface area contributed by atoms with Crippen molar-refractivity contribution in [3.05, 3.63) is 22.8 Å². The van der Waals surface area contributed by atoms with Crippen LogP contribution in [0.1, 0.15) is 29.8 Å². The van der Waals surface area contributed by atoms with E-state index in [0.29, 0.717) is 5.02 Å². The number of nitrogens with two attached hydrogens (primary N) is 1. The van der Waals surface area contributed by atoms with Gasteiger partial charge in [-0.25, -0.2) is 4.98 Å². The average Bonchev–Trinajstić information content (AvgIpc) is 2.80. The van der Waals surface area contributed by atoms with E-state index in [1.54, 1.807) is 19.2 Å². The minimum atomic E-state index is -0.283. The van der Waals surface area contributed by atoms with Crippen molar-refractivity contribution in [2.45, 2.75) is 31.4 Å². The molecule has 2 unspecified atom stereocenters. The van der Waals surface area contributed by atoms with Gasteiger partial charge in [0.15, 0.2) is 0 Å².